The van der Waals surface area contributed by atoms with Gasteiger partial charge in [0.15, 0.2) is 0 Å². The summed E-state index contributed by atoms with van der Waals surface area (Å²) in [5.41, 5.74) is 35.6. The Morgan fingerprint density at radius 3 is 0.797 bits per heavy atom. The highest BCUT2D eigenvalue weighted by Crippen LogP contribution is 2.46. The predicted molar refractivity (Wildman–Crippen MR) is 562 cm³/mol. The van der Waals surface area contributed by atoms with Crippen molar-refractivity contribution >= 4 is 208 Å². The van der Waals surface area contributed by atoms with Gasteiger partial charge in [0.1, 0.15) is 95.2 Å². The van der Waals surface area contributed by atoms with E-state index in [-0.39, 0.29) is 0 Å². The van der Waals surface area contributed by atoms with Crippen molar-refractivity contribution in [3.05, 3.63) is 437 Å². The molecule has 138 heavy (non-hydrogen) atoms. The molecule has 0 spiro atoms. The van der Waals surface area contributed by atoms with Crippen molar-refractivity contribution in [2.45, 2.75) is 0 Å². The summed E-state index contributed by atoms with van der Waals surface area (Å²) in [6, 6.07) is 148. The third-order valence-electron chi connectivity index (χ3n) is 27.8. The summed E-state index contributed by atoms with van der Waals surface area (Å²) in [4.78, 5) is 9.32. The maximum absolute atomic E-state index is 6.33. The zero-order chi connectivity index (χ0) is 90.3. The molecule has 31 aromatic rings. The summed E-state index contributed by atoms with van der Waals surface area (Å²) in [5.74, 6) is 0.932. The number of imidazole rings is 1. The van der Waals surface area contributed by atoms with E-state index in [1.165, 1.54) is 32.9 Å². The first-order chi connectivity index (χ1) is 68.3. The smallest absolute Gasteiger partial charge is 0.145 e. The third-order valence-corrected chi connectivity index (χ3v) is 27.8. The molecule has 0 bridgehead atoms. The molecule has 0 aliphatic carbocycles. The van der Waals surface area contributed by atoms with Gasteiger partial charge in [0.05, 0.1) is 22.1 Å². The largest absolute Gasteiger partial charge is 0.456 e. The van der Waals surface area contributed by atoms with Crippen LogP contribution in [0.5, 0.6) is 0 Å². The van der Waals surface area contributed by atoms with Crippen LogP contribution in [0.15, 0.2) is 472 Å². The number of pyridine rings is 1. The summed E-state index contributed by atoms with van der Waals surface area (Å²) in [5, 5.41) is 20.1. The molecule has 0 saturated heterocycles. The van der Waals surface area contributed by atoms with Crippen LogP contribution < -0.4 is 0 Å². The molecule has 0 aliphatic rings. The van der Waals surface area contributed by atoms with Crippen molar-refractivity contribution in [1.29, 1.82) is 0 Å². The molecule has 12 nitrogen and oxygen atoms in total. The molecular weight excluding hydrogens is 1700 g/mol. The van der Waals surface area contributed by atoms with Crippen LogP contribution in [0.3, 0.4) is 0 Å². The fraction of sp³-hybridized carbons (Fsp3) is 0. The van der Waals surface area contributed by atoms with Crippen LogP contribution in [0.1, 0.15) is 0 Å². The summed E-state index contributed by atoms with van der Waals surface area (Å²) >= 11 is 0. The number of fused-ring (bicyclic) bond motifs is 28. The van der Waals surface area contributed by atoms with E-state index in [1.54, 1.807) is 6.20 Å². The molecule has 644 valence electrons. The number of hydrogen-bond donors (Lipinski definition) is 0. The zero-order valence-electron chi connectivity index (χ0n) is 73.6. The molecule has 0 aliphatic heterocycles. The number of nitrogens with zero attached hydrogens (tertiary/aromatic N) is 4. The Kier molecular flexibility index (Phi) is 16.9. The van der Waals surface area contributed by atoms with Gasteiger partial charge in [-0.2, -0.15) is 0 Å². The molecule has 0 radical (unpaired) electrons. The maximum Gasteiger partial charge on any atom is 0.145 e. The average Bonchev–Trinajstić information content (AvgIpc) is 1.57. The van der Waals surface area contributed by atoms with Gasteiger partial charge in [0, 0.05) is 126 Å². The summed E-state index contributed by atoms with van der Waals surface area (Å²) in [6.07, 6.45) is 3.64. The third kappa shape index (κ3) is 12.5. The first kappa shape index (κ1) is 76.9. The van der Waals surface area contributed by atoms with E-state index in [1.807, 2.05) is 72.9 Å². The minimum atomic E-state index is 0.853. The van der Waals surface area contributed by atoms with Gasteiger partial charge in [-0.15, -0.1) is 0 Å². The summed E-state index contributed by atoms with van der Waals surface area (Å²) in [7, 11) is 0. The van der Waals surface area contributed by atoms with Gasteiger partial charge in [-0.05, 0) is 279 Å². The lowest BCUT2D eigenvalue weighted by atomic mass is 9.98. The molecule has 0 N–H and O–H groups in total. The zero-order valence-corrected chi connectivity index (χ0v) is 73.6. The Balaban J connectivity index is 0.000000101. The molecule has 11 aromatic heterocycles. The van der Waals surface area contributed by atoms with Crippen molar-refractivity contribution in [1.82, 2.24) is 19.1 Å². The van der Waals surface area contributed by atoms with Crippen LogP contribution in [-0.2, 0) is 0 Å². The number of hydrogen-bond acceptors (Lipinski definition) is 10. The second kappa shape index (κ2) is 30.4. The summed E-state index contributed by atoms with van der Waals surface area (Å²) in [6.45, 7) is 0. The van der Waals surface area contributed by atoms with E-state index in [0.29, 0.717) is 0 Å². The minimum absolute atomic E-state index is 0.853. The maximum atomic E-state index is 6.33. The van der Waals surface area contributed by atoms with Gasteiger partial charge in [0.25, 0.3) is 0 Å². The van der Waals surface area contributed by atoms with Crippen LogP contribution in [0, 0.1) is 0 Å². The van der Waals surface area contributed by atoms with E-state index in [9.17, 15) is 0 Å². The minimum Gasteiger partial charge on any atom is -0.456 e. The van der Waals surface area contributed by atoms with Crippen molar-refractivity contribution in [3.63, 3.8) is 0 Å². The highest BCUT2D eigenvalue weighted by atomic mass is 16.4. The molecule has 20 aromatic carbocycles. The van der Waals surface area contributed by atoms with E-state index >= 15 is 0 Å². The summed E-state index contributed by atoms with van der Waals surface area (Å²) < 4.78 is 53.9. The van der Waals surface area contributed by atoms with Gasteiger partial charge in [-0.3, -0.25) is 9.55 Å². The van der Waals surface area contributed by atoms with Crippen molar-refractivity contribution < 1.29 is 35.3 Å². The monoisotopic (exact) mass is 1770 g/mol. The first-order valence-electron chi connectivity index (χ1n) is 46.3. The lowest BCUT2D eigenvalue weighted by Crippen LogP contribution is -1.97. The lowest BCUT2D eigenvalue weighted by Gasteiger charge is -2.11. The Morgan fingerprint density at radius 1 is 0.152 bits per heavy atom. The normalized spacial score (nSPS) is 12.1. The lowest BCUT2D eigenvalue weighted by molar-refractivity contribution is 0.668. The Morgan fingerprint density at radius 2 is 0.413 bits per heavy atom. The molecule has 0 unspecified atom stereocenters. The first-order valence-corrected chi connectivity index (χ1v) is 46.3. The van der Waals surface area contributed by atoms with Crippen LogP contribution in [-0.4, -0.2) is 19.1 Å². The Labute approximate surface area is 784 Å². The van der Waals surface area contributed by atoms with Gasteiger partial charge in [0.2, 0.25) is 0 Å². The second-order valence-electron chi connectivity index (χ2n) is 35.7. The standard InChI is InChI=1S/C48H26O4.C43H26N2O2.C35H20N2O2/c1-3-7-41-33(5-1)35-21-27(9-15-43(35)49-41)29-11-17-45-37(23-29)39-25-31(13-19-47(39)51-45)32-14-20-48-40(26-32)38-24-30(12-18-46(38)52-48)28-10-16-44-36(22-28)34-6-2-4-8-42(34)50-44;1-2-8-28(9-3-1)43-44-37-11-5-6-12-38(37)45(43)32-19-14-27(15-20-32)29-16-21-41-35(24-29)36-26-31(18-23-42(36)47-41)30-17-22-40-34(25-30)33-10-4-7-13-39(33)46-40;1-3-7-30-24(5-1)26-17-21(22-10-13-33-27(18-22)25-6-2-4-8-32(25)38-33)9-12-31(26)37(30)23-11-14-34-28(19-23)29-20-36-16-15-35(29)39-34/h1-26H;1-26H;1-20H. The second-order valence-corrected chi connectivity index (χ2v) is 35.7. The number of furan rings is 8. The Hall–Kier alpha value is -18.8. The molecule has 11 heterocycles. The fourth-order valence-corrected chi connectivity index (χ4v) is 21.1. The Bertz CT molecular complexity index is 10300. The van der Waals surface area contributed by atoms with E-state index in [0.717, 1.165) is 265 Å². The van der Waals surface area contributed by atoms with Gasteiger partial charge in [-0.25, -0.2) is 4.98 Å². The van der Waals surface area contributed by atoms with E-state index < -0.39 is 0 Å². The van der Waals surface area contributed by atoms with Crippen LogP contribution in [0.25, 0.3) is 298 Å². The molecule has 0 saturated carbocycles. The molecule has 12 heteroatoms. The van der Waals surface area contributed by atoms with Crippen molar-refractivity contribution in [3.8, 4) is 89.5 Å². The fourth-order valence-electron chi connectivity index (χ4n) is 21.1. The number of aromatic nitrogens is 4. The predicted octanol–water partition coefficient (Wildman–Crippen LogP) is 35.8. The quantitative estimate of drug-likeness (QED) is 0.137. The van der Waals surface area contributed by atoms with E-state index in [2.05, 4.69) is 372 Å². The molecule has 0 amide bonds. The van der Waals surface area contributed by atoms with E-state index in [4.69, 9.17) is 40.3 Å². The highest BCUT2D eigenvalue weighted by Gasteiger charge is 2.23. The molecular formula is C126H72N4O8. The van der Waals surface area contributed by atoms with Crippen LogP contribution in [0.4, 0.5) is 0 Å². The topological polar surface area (TPSA) is 141 Å². The van der Waals surface area contributed by atoms with Crippen LogP contribution in [0.2, 0.25) is 0 Å². The SMILES string of the molecule is c1ccc(-c2nc3ccccc3n2-c2ccc(-c3ccc4oc5ccc(-c6ccc7oc8ccccc8c7c6)cc5c4c3)cc2)cc1.c1ccc2c(c1)oc1ccc(-c3ccc4c(c3)c3ccccc3n4-c3ccc4oc5ccncc5c4c3)cc12.c1ccc2c(c1)oc1ccc(-c3ccc4oc5ccc(-c6ccc7oc8ccc(-c9ccc%10oc%11ccccc%11c%10c9)cc8c7c6)cc5c4c3)cc12. The van der Waals surface area contributed by atoms with Gasteiger partial charge >= 0.3 is 0 Å². The number of para-hydroxylation sites is 7. The van der Waals surface area contributed by atoms with Crippen LogP contribution >= 0.6 is 0 Å². The number of rotatable bonds is 9. The van der Waals surface area contributed by atoms with Gasteiger partial charge in [-0.1, -0.05) is 212 Å². The number of benzene rings is 20. The highest BCUT2D eigenvalue weighted by molar-refractivity contribution is 6.17. The van der Waals surface area contributed by atoms with Gasteiger partial charge < -0.3 is 39.9 Å². The van der Waals surface area contributed by atoms with Crippen molar-refractivity contribution in [2.75, 3.05) is 0 Å². The van der Waals surface area contributed by atoms with Crippen molar-refractivity contribution in [2.24, 2.45) is 0 Å². The average molecular weight is 1770 g/mol. The molecule has 31 rings (SSSR count). The molecule has 0 fully saturated rings. The molecule has 0 atom stereocenters.